The van der Waals surface area contributed by atoms with Gasteiger partial charge in [-0.25, -0.2) is 12.7 Å². The molecule has 0 aliphatic carbocycles. The van der Waals surface area contributed by atoms with Crippen molar-refractivity contribution in [3.05, 3.63) is 131 Å². The van der Waals surface area contributed by atoms with Crippen LogP contribution in [0.1, 0.15) is 46.0 Å². The summed E-state index contributed by atoms with van der Waals surface area (Å²) >= 11 is 0. The van der Waals surface area contributed by atoms with Gasteiger partial charge in [-0.3, -0.25) is 14.4 Å². The van der Waals surface area contributed by atoms with Gasteiger partial charge in [-0.05, 0) is 60.7 Å². The average molecular weight is 679 g/mol. The zero-order valence-corrected chi connectivity index (χ0v) is 29.0. The molecule has 0 saturated carbocycles. The smallest absolute Gasteiger partial charge is 0.259 e. The van der Waals surface area contributed by atoms with Crippen LogP contribution in [-0.2, 0) is 32.5 Å². The first-order valence-electron chi connectivity index (χ1n) is 16.3. The van der Waals surface area contributed by atoms with Crippen LogP contribution in [0.2, 0.25) is 0 Å². The third-order valence-electron chi connectivity index (χ3n) is 8.71. The van der Waals surface area contributed by atoms with E-state index >= 15 is 0 Å². The zero-order chi connectivity index (χ0) is 35.3. The number of sulfonamides is 1. The van der Waals surface area contributed by atoms with Gasteiger partial charge in [-0.2, -0.15) is 0 Å². The Bertz CT molecular complexity index is 2050. The van der Waals surface area contributed by atoms with E-state index in [1.165, 1.54) is 11.9 Å². The summed E-state index contributed by atoms with van der Waals surface area (Å²) in [5, 5.41) is 0.784. The van der Waals surface area contributed by atoms with Crippen molar-refractivity contribution in [2.45, 2.75) is 52.1 Å². The number of para-hydroxylation sites is 1. The molecular weight excluding hydrogens is 637 g/mol. The predicted molar refractivity (Wildman–Crippen MR) is 193 cm³/mol. The zero-order valence-electron chi connectivity index (χ0n) is 28.2. The second-order valence-corrected chi connectivity index (χ2v) is 14.5. The van der Waals surface area contributed by atoms with Gasteiger partial charge in [0.05, 0.1) is 5.75 Å². The van der Waals surface area contributed by atoms with Gasteiger partial charge in [0.2, 0.25) is 15.9 Å². The number of likely N-dealkylation sites (N-methyl/N-ethyl adjacent to an activating group) is 1. The van der Waals surface area contributed by atoms with E-state index in [9.17, 15) is 22.8 Å². The Balaban J connectivity index is 1.59. The molecule has 254 valence electrons. The second kappa shape index (κ2) is 14.9. The van der Waals surface area contributed by atoms with Crippen LogP contribution in [-0.4, -0.2) is 65.2 Å². The number of nitrogens with two attached hydrogens (primary N) is 1. The van der Waals surface area contributed by atoms with Gasteiger partial charge in [0.25, 0.3) is 11.8 Å². The van der Waals surface area contributed by atoms with Crippen molar-refractivity contribution < 1.29 is 22.8 Å². The van der Waals surface area contributed by atoms with Gasteiger partial charge in [0.15, 0.2) is 0 Å². The van der Waals surface area contributed by atoms with E-state index in [4.69, 9.17) is 5.73 Å². The fourth-order valence-electron chi connectivity index (χ4n) is 6.32. The number of aromatic amines is 1. The summed E-state index contributed by atoms with van der Waals surface area (Å²) in [6.45, 7) is 5.44. The van der Waals surface area contributed by atoms with Crippen LogP contribution in [0.25, 0.3) is 22.0 Å². The highest BCUT2D eigenvalue weighted by atomic mass is 32.2. The first-order chi connectivity index (χ1) is 23.4. The van der Waals surface area contributed by atoms with E-state index in [0.29, 0.717) is 21.0 Å². The molecule has 0 radical (unpaired) electrons. The van der Waals surface area contributed by atoms with Crippen molar-refractivity contribution in [2.24, 2.45) is 5.73 Å². The number of nitrogens with one attached hydrogen (secondary N) is 1. The standard InChI is InChI=1S/C39H42N4O5S/c1-5-19-49(47,48)43(35(37(40)44)24-32-25-41-34-14-10-9-13-33(32)34)39(46)36(42(4)38(45)31-21-26(2)20-27(3)22-31)23-28-15-17-30(18-16-28)29-11-7-6-8-12-29/h6-18,20-22,25,35-36,41H,5,19,23-24H2,1-4H3,(H2,40,44)/t35-,36+/m0/s1. The lowest BCUT2D eigenvalue weighted by Crippen LogP contribution is -2.59. The van der Waals surface area contributed by atoms with Crippen LogP contribution < -0.4 is 5.73 Å². The topological polar surface area (TPSA) is 134 Å². The van der Waals surface area contributed by atoms with Gasteiger partial charge in [-0.1, -0.05) is 96.9 Å². The van der Waals surface area contributed by atoms with Crippen molar-refractivity contribution in [1.29, 1.82) is 0 Å². The molecule has 1 aromatic heterocycles. The van der Waals surface area contributed by atoms with Gasteiger partial charge in [0, 0.05) is 42.6 Å². The number of hydrogen-bond donors (Lipinski definition) is 2. The lowest BCUT2D eigenvalue weighted by atomic mass is 9.98. The maximum Gasteiger partial charge on any atom is 0.259 e. The average Bonchev–Trinajstić information content (AvgIpc) is 3.49. The monoisotopic (exact) mass is 678 g/mol. The fourth-order valence-corrected chi connectivity index (χ4v) is 7.99. The Morgan fingerprint density at radius 1 is 0.796 bits per heavy atom. The van der Waals surface area contributed by atoms with Crippen molar-refractivity contribution in [3.8, 4) is 11.1 Å². The summed E-state index contributed by atoms with van der Waals surface area (Å²) < 4.78 is 28.7. The fraction of sp³-hybridized carbons (Fsp3) is 0.256. The van der Waals surface area contributed by atoms with Crippen LogP contribution in [0.15, 0.2) is 103 Å². The number of aryl methyl sites for hydroxylation is 2. The molecule has 49 heavy (non-hydrogen) atoms. The molecule has 2 atom stereocenters. The number of nitrogens with zero attached hydrogens (tertiary/aromatic N) is 2. The Morgan fingerprint density at radius 3 is 2.04 bits per heavy atom. The van der Waals surface area contributed by atoms with Crippen molar-refractivity contribution in [1.82, 2.24) is 14.2 Å². The van der Waals surface area contributed by atoms with Crippen molar-refractivity contribution in [2.75, 3.05) is 12.8 Å². The number of primary amides is 1. The molecule has 0 aliphatic rings. The van der Waals surface area contributed by atoms with E-state index in [0.717, 1.165) is 33.2 Å². The number of carbonyl (C=O) groups is 3. The largest absolute Gasteiger partial charge is 0.368 e. The normalized spacial score (nSPS) is 12.7. The number of amides is 3. The molecule has 0 saturated heterocycles. The maximum atomic E-state index is 14.8. The molecule has 1 heterocycles. The molecule has 9 nitrogen and oxygen atoms in total. The van der Waals surface area contributed by atoms with Crippen molar-refractivity contribution in [3.63, 3.8) is 0 Å². The van der Waals surface area contributed by atoms with E-state index in [1.54, 1.807) is 25.3 Å². The molecule has 5 rings (SSSR count). The second-order valence-electron chi connectivity index (χ2n) is 12.5. The van der Waals surface area contributed by atoms with Gasteiger partial charge < -0.3 is 15.6 Å². The molecule has 3 N–H and O–H groups in total. The molecule has 10 heteroatoms. The summed E-state index contributed by atoms with van der Waals surface area (Å²) in [5.74, 6) is -2.70. The minimum Gasteiger partial charge on any atom is -0.368 e. The summed E-state index contributed by atoms with van der Waals surface area (Å²) in [7, 11) is -2.86. The quantitative estimate of drug-likeness (QED) is 0.162. The number of aromatic nitrogens is 1. The van der Waals surface area contributed by atoms with Gasteiger partial charge in [-0.15, -0.1) is 0 Å². The lowest BCUT2D eigenvalue weighted by molar-refractivity contribution is -0.137. The SMILES string of the molecule is CCCS(=O)(=O)N(C(=O)[C@@H](Cc1ccc(-c2ccccc2)cc1)N(C)C(=O)c1cc(C)cc(C)c1)[C@@H](Cc1c[nH]c2ccccc12)C(N)=O. The number of fused-ring (bicyclic) bond motifs is 1. The molecule has 3 amide bonds. The molecular formula is C39H42N4O5S. The van der Waals surface area contributed by atoms with Crippen molar-refractivity contribution >= 4 is 38.6 Å². The summed E-state index contributed by atoms with van der Waals surface area (Å²) in [6, 6.07) is 27.4. The van der Waals surface area contributed by atoms with Crippen LogP contribution in [0, 0.1) is 13.8 Å². The van der Waals surface area contributed by atoms with E-state index in [1.807, 2.05) is 98.8 Å². The number of benzene rings is 4. The third-order valence-corrected chi connectivity index (χ3v) is 10.7. The lowest BCUT2D eigenvalue weighted by Gasteiger charge is -2.35. The third kappa shape index (κ3) is 7.92. The number of H-pyrrole nitrogens is 1. The summed E-state index contributed by atoms with van der Waals surface area (Å²) in [6.07, 6.45) is 1.75. The van der Waals surface area contributed by atoms with E-state index in [-0.39, 0.29) is 25.0 Å². The minimum atomic E-state index is -4.35. The molecule has 0 unspecified atom stereocenters. The van der Waals surface area contributed by atoms with Crippen LogP contribution >= 0.6 is 0 Å². The number of rotatable bonds is 13. The first-order valence-corrected chi connectivity index (χ1v) is 17.9. The van der Waals surface area contributed by atoms with Gasteiger partial charge in [0.1, 0.15) is 12.1 Å². The Kier molecular flexibility index (Phi) is 10.7. The first kappa shape index (κ1) is 35.1. The molecule has 0 aliphatic heterocycles. The number of hydrogen-bond acceptors (Lipinski definition) is 5. The Hall–Kier alpha value is -5.22. The number of carbonyl (C=O) groups excluding carboxylic acids is 3. The summed E-state index contributed by atoms with van der Waals surface area (Å²) in [5.41, 5.74) is 12.2. The molecule has 4 aromatic carbocycles. The predicted octanol–water partition coefficient (Wildman–Crippen LogP) is 5.80. The highest BCUT2D eigenvalue weighted by molar-refractivity contribution is 7.89. The maximum absolute atomic E-state index is 14.8. The Labute approximate surface area is 287 Å². The van der Waals surface area contributed by atoms with E-state index < -0.39 is 39.8 Å². The molecule has 0 spiro atoms. The molecule has 0 bridgehead atoms. The summed E-state index contributed by atoms with van der Waals surface area (Å²) in [4.78, 5) is 46.5. The van der Waals surface area contributed by atoms with Gasteiger partial charge >= 0.3 is 0 Å². The molecule has 0 fully saturated rings. The Morgan fingerprint density at radius 2 is 1.41 bits per heavy atom. The van der Waals surface area contributed by atoms with Crippen LogP contribution in [0.4, 0.5) is 0 Å². The highest BCUT2D eigenvalue weighted by Crippen LogP contribution is 2.26. The van der Waals surface area contributed by atoms with E-state index in [2.05, 4.69) is 4.98 Å². The molecule has 5 aromatic rings. The van der Waals surface area contributed by atoms with Crippen LogP contribution in [0.3, 0.4) is 0 Å². The van der Waals surface area contributed by atoms with Crippen LogP contribution in [0.5, 0.6) is 0 Å². The minimum absolute atomic E-state index is 0.00233. The highest BCUT2D eigenvalue weighted by Gasteiger charge is 2.43.